The van der Waals surface area contributed by atoms with E-state index in [-0.39, 0.29) is 11.9 Å². The van der Waals surface area contributed by atoms with Crippen LogP contribution in [0.3, 0.4) is 0 Å². The van der Waals surface area contributed by atoms with Crippen LogP contribution in [0.5, 0.6) is 0 Å². The third-order valence-electron chi connectivity index (χ3n) is 4.91. The number of amides is 1. The predicted molar refractivity (Wildman–Crippen MR) is 118 cm³/mol. The van der Waals surface area contributed by atoms with Crippen molar-refractivity contribution in [2.75, 3.05) is 11.9 Å². The van der Waals surface area contributed by atoms with Crippen LogP contribution in [0.4, 0.5) is 10.9 Å². The number of rotatable bonds is 5. The van der Waals surface area contributed by atoms with E-state index in [0.717, 1.165) is 41.3 Å². The monoisotopic (exact) mass is 420 g/mol. The van der Waals surface area contributed by atoms with Gasteiger partial charge in [-0.25, -0.2) is 15.0 Å². The number of carbonyl (C=O) groups excluding carboxylic acids is 1. The lowest BCUT2D eigenvalue weighted by molar-refractivity contribution is -0.129. The highest BCUT2D eigenvalue weighted by Crippen LogP contribution is 2.30. The summed E-state index contributed by atoms with van der Waals surface area (Å²) in [6.07, 6.45) is 9.75. The molecule has 1 aliphatic rings. The zero-order chi connectivity index (χ0) is 20.9. The Balaban J connectivity index is 1.56. The number of hydrogen-bond acceptors (Lipinski definition) is 7. The van der Waals surface area contributed by atoms with E-state index < -0.39 is 0 Å². The molecule has 0 unspecified atom stereocenters. The van der Waals surface area contributed by atoms with Gasteiger partial charge in [0.15, 0.2) is 11.0 Å². The SMILES string of the molecule is Cc1cc(Nc2nc(C)cs2)nc([C@H]2CCCCN2C(=O)/C=C/c2cccnc2)n1. The van der Waals surface area contributed by atoms with Gasteiger partial charge in [-0.15, -0.1) is 11.3 Å². The Hall–Kier alpha value is -3.13. The van der Waals surface area contributed by atoms with Gasteiger partial charge in [-0.3, -0.25) is 9.78 Å². The van der Waals surface area contributed by atoms with Crippen molar-refractivity contribution in [1.82, 2.24) is 24.8 Å². The lowest BCUT2D eigenvalue weighted by atomic mass is 10.0. The Labute approximate surface area is 179 Å². The van der Waals surface area contributed by atoms with Crippen LogP contribution in [-0.4, -0.2) is 37.3 Å². The van der Waals surface area contributed by atoms with Gasteiger partial charge in [0.05, 0.1) is 11.7 Å². The van der Waals surface area contributed by atoms with Gasteiger partial charge < -0.3 is 10.2 Å². The highest BCUT2D eigenvalue weighted by Gasteiger charge is 2.29. The first-order valence-corrected chi connectivity index (χ1v) is 10.9. The van der Waals surface area contributed by atoms with E-state index in [9.17, 15) is 4.79 Å². The molecular formula is C22H24N6OS. The largest absolute Gasteiger partial charge is 0.329 e. The summed E-state index contributed by atoms with van der Waals surface area (Å²) in [6, 6.07) is 5.54. The minimum absolute atomic E-state index is 0.0290. The molecule has 8 heteroatoms. The average Bonchev–Trinajstić information content (AvgIpc) is 3.16. The van der Waals surface area contributed by atoms with Crippen molar-refractivity contribution in [2.24, 2.45) is 0 Å². The molecule has 0 aromatic carbocycles. The Kier molecular flexibility index (Phi) is 6.13. The summed E-state index contributed by atoms with van der Waals surface area (Å²) in [5, 5.41) is 6.06. The first-order valence-electron chi connectivity index (χ1n) is 10.0. The van der Waals surface area contributed by atoms with Gasteiger partial charge in [0.2, 0.25) is 5.91 Å². The van der Waals surface area contributed by atoms with E-state index in [2.05, 4.69) is 20.3 Å². The van der Waals surface area contributed by atoms with Gasteiger partial charge in [0.1, 0.15) is 5.82 Å². The summed E-state index contributed by atoms with van der Waals surface area (Å²) >= 11 is 1.54. The molecule has 1 aliphatic heterocycles. The van der Waals surface area contributed by atoms with E-state index in [0.29, 0.717) is 18.2 Å². The van der Waals surface area contributed by atoms with Gasteiger partial charge in [-0.2, -0.15) is 0 Å². The number of thiazole rings is 1. The molecule has 1 fully saturated rings. The molecule has 1 saturated heterocycles. The van der Waals surface area contributed by atoms with Crippen LogP contribution in [0.2, 0.25) is 0 Å². The summed E-state index contributed by atoms with van der Waals surface area (Å²) < 4.78 is 0. The van der Waals surface area contributed by atoms with Crippen LogP contribution in [0.1, 0.15) is 48.1 Å². The maximum atomic E-state index is 13.0. The second kappa shape index (κ2) is 9.13. The van der Waals surface area contributed by atoms with Crippen molar-refractivity contribution in [1.29, 1.82) is 0 Å². The number of anilines is 2. The van der Waals surface area contributed by atoms with E-state index in [1.165, 1.54) is 0 Å². The Morgan fingerprint density at radius 2 is 2.13 bits per heavy atom. The lowest BCUT2D eigenvalue weighted by Gasteiger charge is -2.34. The minimum atomic E-state index is -0.136. The molecule has 0 radical (unpaired) electrons. The number of aromatic nitrogens is 4. The van der Waals surface area contributed by atoms with Gasteiger partial charge in [0.25, 0.3) is 0 Å². The molecule has 0 bridgehead atoms. The Morgan fingerprint density at radius 3 is 2.90 bits per heavy atom. The molecule has 7 nitrogen and oxygen atoms in total. The zero-order valence-corrected chi connectivity index (χ0v) is 17.9. The normalized spacial score (nSPS) is 16.7. The fourth-order valence-electron chi connectivity index (χ4n) is 3.53. The lowest BCUT2D eigenvalue weighted by Crippen LogP contribution is -2.38. The maximum absolute atomic E-state index is 13.0. The predicted octanol–water partition coefficient (Wildman–Crippen LogP) is 4.46. The third kappa shape index (κ3) is 4.88. The molecule has 0 spiro atoms. The molecule has 0 aliphatic carbocycles. The van der Waals surface area contributed by atoms with Crippen LogP contribution < -0.4 is 5.32 Å². The second-order valence-electron chi connectivity index (χ2n) is 7.33. The van der Waals surface area contributed by atoms with E-state index >= 15 is 0 Å². The quantitative estimate of drug-likeness (QED) is 0.614. The number of pyridine rings is 1. The molecular weight excluding hydrogens is 396 g/mol. The first kappa shape index (κ1) is 20.2. The smallest absolute Gasteiger partial charge is 0.247 e. The van der Waals surface area contributed by atoms with E-state index in [1.807, 2.05) is 42.3 Å². The van der Waals surface area contributed by atoms with Gasteiger partial charge in [0, 0.05) is 42.2 Å². The minimum Gasteiger partial charge on any atom is -0.329 e. The molecule has 1 atom stereocenters. The number of piperidine rings is 1. The summed E-state index contributed by atoms with van der Waals surface area (Å²) in [5.41, 5.74) is 2.73. The molecule has 4 rings (SSSR count). The molecule has 3 aromatic heterocycles. The summed E-state index contributed by atoms with van der Waals surface area (Å²) in [6.45, 7) is 4.61. The number of likely N-dealkylation sites (tertiary alicyclic amines) is 1. The van der Waals surface area contributed by atoms with E-state index in [4.69, 9.17) is 4.98 Å². The number of aryl methyl sites for hydroxylation is 2. The second-order valence-corrected chi connectivity index (χ2v) is 8.19. The standard InChI is InChI=1S/C22H24N6OS/c1-15-12-19(27-22-25-16(2)14-30-22)26-21(24-15)18-7-3-4-11-28(18)20(29)9-8-17-6-5-10-23-13-17/h5-6,8-10,12-14,18H,3-4,7,11H2,1-2H3,(H,24,25,26,27)/b9-8+/t18-/m1/s1. The van der Waals surface area contributed by atoms with Crippen molar-refractivity contribution in [3.05, 3.63) is 64.8 Å². The number of nitrogens with one attached hydrogen (secondary N) is 1. The fourth-order valence-corrected chi connectivity index (χ4v) is 4.22. The maximum Gasteiger partial charge on any atom is 0.247 e. The highest BCUT2D eigenvalue weighted by atomic mass is 32.1. The number of carbonyl (C=O) groups is 1. The van der Waals surface area contributed by atoms with Gasteiger partial charge in [-0.1, -0.05) is 6.07 Å². The highest BCUT2D eigenvalue weighted by molar-refractivity contribution is 7.13. The Morgan fingerprint density at radius 1 is 1.23 bits per heavy atom. The molecule has 1 amide bonds. The topological polar surface area (TPSA) is 83.9 Å². The van der Waals surface area contributed by atoms with Crippen LogP contribution in [-0.2, 0) is 4.79 Å². The first-order chi connectivity index (χ1) is 14.6. The molecule has 3 aromatic rings. The summed E-state index contributed by atoms with van der Waals surface area (Å²) in [7, 11) is 0. The summed E-state index contributed by atoms with van der Waals surface area (Å²) in [5.74, 6) is 1.35. The molecule has 154 valence electrons. The fraction of sp³-hybridized carbons (Fsp3) is 0.318. The van der Waals surface area contributed by atoms with Crippen molar-refractivity contribution < 1.29 is 4.79 Å². The van der Waals surface area contributed by atoms with Gasteiger partial charge in [-0.05, 0) is 50.8 Å². The molecule has 1 N–H and O–H groups in total. The molecule has 0 saturated carbocycles. The molecule has 4 heterocycles. The van der Waals surface area contributed by atoms with Gasteiger partial charge >= 0.3 is 0 Å². The van der Waals surface area contributed by atoms with Crippen LogP contribution in [0.15, 0.2) is 42.0 Å². The van der Waals surface area contributed by atoms with Crippen LogP contribution in [0, 0.1) is 13.8 Å². The van der Waals surface area contributed by atoms with Crippen LogP contribution in [0.25, 0.3) is 6.08 Å². The van der Waals surface area contributed by atoms with Crippen molar-refractivity contribution in [3.63, 3.8) is 0 Å². The van der Waals surface area contributed by atoms with Crippen LogP contribution >= 0.6 is 11.3 Å². The van der Waals surface area contributed by atoms with E-state index in [1.54, 1.807) is 35.9 Å². The number of nitrogens with zero attached hydrogens (tertiary/aromatic N) is 5. The molecule has 30 heavy (non-hydrogen) atoms. The van der Waals surface area contributed by atoms with Crippen molar-refractivity contribution in [2.45, 2.75) is 39.2 Å². The van der Waals surface area contributed by atoms with Crippen molar-refractivity contribution >= 4 is 34.3 Å². The third-order valence-corrected chi connectivity index (χ3v) is 5.79. The zero-order valence-electron chi connectivity index (χ0n) is 17.1. The average molecular weight is 421 g/mol. The summed E-state index contributed by atoms with van der Waals surface area (Å²) in [4.78, 5) is 32.8. The number of hydrogen-bond donors (Lipinski definition) is 1. The Bertz CT molecular complexity index is 1050. The van der Waals surface area contributed by atoms with Crippen molar-refractivity contribution in [3.8, 4) is 0 Å².